The number of imidazole rings is 1. The Morgan fingerprint density at radius 2 is 2.16 bits per heavy atom. The van der Waals surface area contributed by atoms with Crippen molar-refractivity contribution >= 4 is 46.0 Å². The number of nitrogens with zero attached hydrogens (tertiary/aromatic N) is 1. The van der Waals surface area contributed by atoms with E-state index in [1.165, 1.54) is 11.8 Å². The number of fused-ring (bicyclic) bond motifs is 1. The molecule has 3 aromatic rings. The first-order chi connectivity index (χ1) is 12.1. The molecular weight excluding hydrogens is 358 g/mol. The lowest BCUT2D eigenvalue weighted by Gasteiger charge is -2.15. The third-order valence-corrected chi connectivity index (χ3v) is 5.19. The second-order valence-corrected chi connectivity index (χ2v) is 7.04. The lowest BCUT2D eigenvalue weighted by molar-refractivity contribution is -0.115. The van der Waals surface area contributed by atoms with Crippen molar-refractivity contribution in [2.24, 2.45) is 0 Å². The quantitative estimate of drug-likeness (QED) is 0.611. The molecule has 130 valence electrons. The van der Waals surface area contributed by atoms with Crippen molar-refractivity contribution in [1.29, 1.82) is 0 Å². The summed E-state index contributed by atoms with van der Waals surface area (Å²) in [6.07, 6.45) is 0.663. The van der Waals surface area contributed by atoms with Gasteiger partial charge in [0, 0.05) is 5.02 Å². The molecule has 0 fully saturated rings. The van der Waals surface area contributed by atoms with Gasteiger partial charge in [-0.1, -0.05) is 42.4 Å². The molecule has 0 bridgehead atoms. The van der Waals surface area contributed by atoms with E-state index in [9.17, 15) is 4.79 Å². The molecule has 0 saturated heterocycles. The second kappa shape index (κ2) is 7.80. The zero-order valence-electron chi connectivity index (χ0n) is 13.9. The third-order valence-electron chi connectivity index (χ3n) is 3.70. The van der Waals surface area contributed by atoms with E-state index >= 15 is 0 Å². The summed E-state index contributed by atoms with van der Waals surface area (Å²) < 4.78 is 5.27. The minimum absolute atomic E-state index is 0.117. The molecule has 0 aliphatic rings. The number of H-pyrrole nitrogens is 1. The molecule has 1 aromatic heterocycles. The number of carbonyl (C=O) groups is 1. The lowest BCUT2D eigenvalue weighted by atomic mass is 10.2. The van der Waals surface area contributed by atoms with Crippen LogP contribution in [-0.4, -0.2) is 28.2 Å². The molecule has 2 N–H and O–H groups in total. The normalized spacial score (nSPS) is 12.1. The number of ether oxygens (including phenoxy) is 1. The number of hydrogen-bond acceptors (Lipinski definition) is 4. The molecule has 2 aromatic carbocycles. The molecule has 0 radical (unpaired) electrons. The number of para-hydroxylation sites is 2. The molecule has 3 rings (SSSR count). The number of methoxy groups -OCH3 is 1. The predicted octanol–water partition coefficient (Wildman–Crippen LogP) is 4.73. The Hall–Kier alpha value is -2.18. The van der Waals surface area contributed by atoms with Gasteiger partial charge in [-0.05, 0) is 36.8 Å². The van der Waals surface area contributed by atoms with Crippen LogP contribution in [0, 0.1) is 0 Å². The average molecular weight is 376 g/mol. The van der Waals surface area contributed by atoms with Crippen LogP contribution in [0.4, 0.5) is 5.69 Å². The van der Waals surface area contributed by atoms with Crippen LogP contribution >= 0.6 is 23.4 Å². The molecule has 7 heteroatoms. The summed E-state index contributed by atoms with van der Waals surface area (Å²) in [6.45, 7) is 1.97. The summed E-state index contributed by atoms with van der Waals surface area (Å²) in [6, 6.07) is 12.9. The van der Waals surface area contributed by atoms with E-state index in [1.54, 1.807) is 25.3 Å². The molecule has 1 atom stereocenters. The summed E-state index contributed by atoms with van der Waals surface area (Å²) in [5.74, 6) is 0.454. The maximum Gasteiger partial charge on any atom is 0.238 e. The molecule has 0 saturated carbocycles. The molecule has 1 heterocycles. The summed E-state index contributed by atoms with van der Waals surface area (Å²) in [5, 5.41) is 3.87. The van der Waals surface area contributed by atoms with E-state index in [2.05, 4.69) is 15.3 Å². The highest BCUT2D eigenvalue weighted by Crippen LogP contribution is 2.30. The molecular formula is C18H18ClN3O2S. The van der Waals surface area contributed by atoms with Crippen LogP contribution in [0.2, 0.25) is 5.02 Å². The highest BCUT2D eigenvalue weighted by Gasteiger charge is 2.21. The number of carbonyl (C=O) groups excluding carboxylic acids is 1. The monoisotopic (exact) mass is 375 g/mol. The first-order valence-corrected chi connectivity index (χ1v) is 9.12. The molecule has 0 spiro atoms. The van der Waals surface area contributed by atoms with Crippen LogP contribution in [0.1, 0.15) is 13.3 Å². The zero-order chi connectivity index (χ0) is 17.8. The van der Waals surface area contributed by atoms with E-state index < -0.39 is 0 Å². The summed E-state index contributed by atoms with van der Waals surface area (Å²) in [7, 11) is 1.55. The Labute approximate surface area is 155 Å². The number of benzene rings is 2. The number of thioether (sulfide) groups is 1. The first-order valence-electron chi connectivity index (χ1n) is 7.86. The number of aromatic nitrogens is 2. The smallest absolute Gasteiger partial charge is 0.238 e. The van der Waals surface area contributed by atoms with Gasteiger partial charge in [0.1, 0.15) is 5.75 Å². The van der Waals surface area contributed by atoms with E-state index in [0.717, 1.165) is 16.2 Å². The van der Waals surface area contributed by atoms with Gasteiger partial charge in [0.15, 0.2) is 5.16 Å². The lowest BCUT2D eigenvalue weighted by Crippen LogP contribution is -2.25. The Balaban J connectivity index is 1.76. The van der Waals surface area contributed by atoms with E-state index in [0.29, 0.717) is 22.9 Å². The van der Waals surface area contributed by atoms with Crippen LogP contribution in [-0.2, 0) is 4.79 Å². The van der Waals surface area contributed by atoms with E-state index in [4.69, 9.17) is 16.3 Å². The standard InChI is InChI=1S/C18H18ClN3O2S/c1-3-16(25-18-21-12-6-4-5-7-13(12)22-18)17(23)20-14-10-11(19)8-9-15(14)24-2/h4-10,16H,3H2,1-2H3,(H,20,23)(H,21,22). The number of halogens is 1. The average Bonchev–Trinajstić information content (AvgIpc) is 3.02. The second-order valence-electron chi connectivity index (χ2n) is 5.41. The van der Waals surface area contributed by atoms with Gasteiger partial charge in [-0.25, -0.2) is 4.98 Å². The minimum Gasteiger partial charge on any atom is -0.495 e. The van der Waals surface area contributed by atoms with Crippen molar-refractivity contribution in [2.75, 3.05) is 12.4 Å². The molecule has 5 nitrogen and oxygen atoms in total. The number of aromatic amines is 1. The summed E-state index contributed by atoms with van der Waals surface area (Å²) >= 11 is 7.43. The molecule has 0 aliphatic heterocycles. The maximum absolute atomic E-state index is 12.7. The van der Waals surface area contributed by atoms with Gasteiger partial charge in [-0.3, -0.25) is 4.79 Å². The first kappa shape index (κ1) is 17.6. The maximum atomic E-state index is 12.7. The molecule has 25 heavy (non-hydrogen) atoms. The number of rotatable bonds is 6. The Morgan fingerprint density at radius 1 is 1.36 bits per heavy atom. The summed E-state index contributed by atoms with van der Waals surface area (Å²) in [5.41, 5.74) is 2.40. The van der Waals surface area contributed by atoms with Crippen LogP contribution in [0.25, 0.3) is 11.0 Å². The van der Waals surface area contributed by atoms with Gasteiger partial charge in [0.05, 0.1) is 29.1 Å². The van der Waals surface area contributed by atoms with Gasteiger partial charge >= 0.3 is 0 Å². The Kier molecular flexibility index (Phi) is 5.50. The Bertz CT molecular complexity index is 864. The van der Waals surface area contributed by atoms with Crippen molar-refractivity contribution in [3.8, 4) is 5.75 Å². The molecule has 1 unspecified atom stereocenters. The fraction of sp³-hybridized carbons (Fsp3) is 0.222. The molecule has 0 aliphatic carbocycles. The van der Waals surface area contributed by atoms with Crippen LogP contribution in [0.3, 0.4) is 0 Å². The van der Waals surface area contributed by atoms with Crippen molar-refractivity contribution in [3.63, 3.8) is 0 Å². The minimum atomic E-state index is -0.288. The topological polar surface area (TPSA) is 67.0 Å². The molecule has 1 amide bonds. The number of nitrogens with one attached hydrogen (secondary N) is 2. The predicted molar refractivity (Wildman–Crippen MR) is 103 cm³/mol. The fourth-order valence-electron chi connectivity index (χ4n) is 2.43. The van der Waals surface area contributed by atoms with Crippen LogP contribution < -0.4 is 10.1 Å². The number of amides is 1. The number of anilines is 1. The van der Waals surface area contributed by atoms with Gasteiger partial charge in [0.25, 0.3) is 0 Å². The van der Waals surface area contributed by atoms with E-state index in [1.807, 2.05) is 31.2 Å². The Morgan fingerprint density at radius 3 is 2.88 bits per heavy atom. The third kappa shape index (κ3) is 4.08. The van der Waals surface area contributed by atoms with Crippen molar-refractivity contribution in [3.05, 3.63) is 47.5 Å². The van der Waals surface area contributed by atoms with Gasteiger partial charge < -0.3 is 15.0 Å². The van der Waals surface area contributed by atoms with Crippen molar-refractivity contribution in [1.82, 2.24) is 9.97 Å². The highest BCUT2D eigenvalue weighted by molar-refractivity contribution is 8.00. The van der Waals surface area contributed by atoms with Gasteiger partial charge in [-0.15, -0.1) is 0 Å². The fourth-order valence-corrected chi connectivity index (χ4v) is 3.53. The number of hydrogen-bond donors (Lipinski definition) is 2. The van der Waals surface area contributed by atoms with Gasteiger partial charge in [0.2, 0.25) is 5.91 Å². The SMILES string of the molecule is CCC(Sc1nc2ccccc2[nH]1)C(=O)Nc1cc(Cl)ccc1OC. The van der Waals surface area contributed by atoms with Crippen LogP contribution in [0.15, 0.2) is 47.6 Å². The van der Waals surface area contributed by atoms with Crippen molar-refractivity contribution in [2.45, 2.75) is 23.8 Å². The summed E-state index contributed by atoms with van der Waals surface area (Å²) in [4.78, 5) is 20.4. The van der Waals surface area contributed by atoms with E-state index in [-0.39, 0.29) is 11.2 Å². The van der Waals surface area contributed by atoms with Crippen molar-refractivity contribution < 1.29 is 9.53 Å². The highest BCUT2D eigenvalue weighted by atomic mass is 35.5. The van der Waals surface area contributed by atoms with Gasteiger partial charge in [-0.2, -0.15) is 0 Å². The van der Waals surface area contributed by atoms with Crippen LogP contribution in [0.5, 0.6) is 5.75 Å². The zero-order valence-corrected chi connectivity index (χ0v) is 15.4. The largest absolute Gasteiger partial charge is 0.495 e.